The Kier molecular flexibility index (Phi) is 5.76. The molecule has 2 aromatic rings. The van der Waals surface area contributed by atoms with E-state index in [0.29, 0.717) is 18.8 Å². The van der Waals surface area contributed by atoms with Gasteiger partial charge in [-0.05, 0) is 31.2 Å². The minimum atomic E-state index is -0.777. The van der Waals surface area contributed by atoms with Gasteiger partial charge in [-0.2, -0.15) is 0 Å². The molecular weight excluding hydrogens is 365 g/mol. The lowest BCUT2D eigenvalue weighted by atomic mass is 9.54. The Morgan fingerprint density at radius 2 is 2.07 bits per heavy atom. The molecule has 1 heterocycles. The molecule has 152 valence electrons. The number of carbonyl (C=O) groups excluding carboxylic acids is 1. The predicted molar refractivity (Wildman–Crippen MR) is 101 cm³/mol. The maximum atomic E-state index is 13.6. The van der Waals surface area contributed by atoms with Crippen molar-refractivity contribution in [3.8, 4) is 5.75 Å². The Labute approximate surface area is 163 Å². The van der Waals surface area contributed by atoms with Crippen LogP contribution in [0.4, 0.5) is 4.39 Å². The number of hydrogen-bond donors (Lipinski definition) is 2. The number of ether oxygens (including phenoxy) is 2. The summed E-state index contributed by atoms with van der Waals surface area (Å²) in [5.41, 5.74) is -1.20. The molecule has 1 aliphatic rings. The Hall–Kier alpha value is -2.38. The van der Waals surface area contributed by atoms with Crippen LogP contribution < -0.4 is 10.1 Å². The monoisotopic (exact) mass is 391 g/mol. The Bertz CT molecular complexity index is 834. The van der Waals surface area contributed by atoms with Crippen molar-refractivity contribution in [1.82, 2.24) is 5.32 Å². The number of halogens is 1. The zero-order valence-corrected chi connectivity index (χ0v) is 16.3. The van der Waals surface area contributed by atoms with Crippen LogP contribution in [-0.2, 0) is 11.3 Å². The number of hydrogen-bond acceptors (Lipinski definition) is 5. The molecule has 0 aliphatic heterocycles. The third-order valence-electron chi connectivity index (χ3n) is 5.65. The SMILES string of the molecule is CCO[C@@H]1C[C@](CO)(NC(=O)c2ccc(COc3ccccc3F)o2)C1(C)C. The highest BCUT2D eigenvalue weighted by Crippen LogP contribution is 2.51. The molecule has 0 unspecified atom stereocenters. The van der Waals surface area contributed by atoms with E-state index in [4.69, 9.17) is 13.9 Å². The van der Waals surface area contributed by atoms with Gasteiger partial charge in [-0.25, -0.2) is 4.39 Å². The van der Waals surface area contributed by atoms with Crippen molar-refractivity contribution in [3.05, 3.63) is 53.7 Å². The summed E-state index contributed by atoms with van der Waals surface area (Å²) >= 11 is 0. The molecule has 28 heavy (non-hydrogen) atoms. The maximum absolute atomic E-state index is 13.6. The van der Waals surface area contributed by atoms with Gasteiger partial charge in [-0.3, -0.25) is 4.79 Å². The minimum Gasteiger partial charge on any atom is -0.483 e. The van der Waals surface area contributed by atoms with Crippen LogP contribution in [0.1, 0.15) is 43.5 Å². The normalized spacial score (nSPS) is 23.1. The van der Waals surface area contributed by atoms with E-state index in [9.17, 15) is 14.3 Å². The average molecular weight is 391 g/mol. The summed E-state index contributed by atoms with van der Waals surface area (Å²) in [5, 5.41) is 12.8. The van der Waals surface area contributed by atoms with Gasteiger partial charge in [0.05, 0.1) is 18.2 Å². The zero-order chi connectivity index (χ0) is 20.4. The van der Waals surface area contributed by atoms with E-state index in [1.807, 2.05) is 20.8 Å². The van der Waals surface area contributed by atoms with Gasteiger partial charge in [0.25, 0.3) is 5.91 Å². The first-order chi connectivity index (χ1) is 13.3. The van der Waals surface area contributed by atoms with Gasteiger partial charge in [0.1, 0.15) is 12.4 Å². The smallest absolute Gasteiger partial charge is 0.287 e. The van der Waals surface area contributed by atoms with Crippen LogP contribution in [0.3, 0.4) is 0 Å². The Balaban J connectivity index is 1.63. The van der Waals surface area contributed by atoms with Gasteiger partial charge >= 0.3 is 0 Å². The van der Waals surface area contributed by atoms with Crippen molar-refractivity contribution in [3.63, 3.8) is 0 Å². The highest BCUT2D eigenvalue weighted by Gasteiger charge is 2.61. The summed E-state index contributed by atoms with van der Waals surface area (Å²) in [7, 11) is 0. The maximum Gasteiger partial charge on any atom is 0.287 e. The second-order valence-corrected chi connectivity index (χ2v) is 7.55. The largest absolute Gasteiger partial charge is 0.483 e. The highest BCUT2D eigenvalue weighted by molar-refractivity contribution is 5.92. The number of aliphatic hydroxyl groups is 1. The summed E-state index contributed by atoms with van der Waals surface area (Å²) in [6, 6.07) is 9.21. The molecule has 1 aromatic carbocycles. The molecule has 1 aromatic heterocycles. The standard InChI is InChI=1S/C21H26FNO5/c1-4-26-18-11-21(13-24,20(18,2)3)23-19(25)17-10-9-14(28-17)12-27-16-8-6-5-7-15(16)22/h5-10,18,24H,4,11-13H2,1-3H3,(H,23,25)/t18-,21-/m1/s1. The van der Waals surface area contributed by atoms with Gasteiger partial charge in [0.2, 0.25) is 0 Å². The van der Waals surface area contributed by atoms with Crippen LogP contribution in [0.15, 0.2) is 40.8 Å². The number of para-hydroxylation sites is 1. The summed E-state index contributed by atoms with van der Waals surface area (Å²) < 4.78 is 30.2. The van der Waals surface area contributed by atoms with E-state index < -0.39 is 22.7 Å². The predicted octanol–water partition coefficient (Wildman–Crippen LogP) is 3.29. The lowest BCUT2D eigenvalue weighted by Crippen LogP contribution is -2.74. The molecule has 3 rings (SSSR count). The molecule has 0 saturated heterocycles. The van der Waals surface area contributed by atoms with Crippen molar-refractivity contribution >= 4 is 5.91 Å². The van der Waals surface area contributed by atoms with Crippen molar-refractivity contribution in [2.45, 2.75) is 45.4 Å². The summed E-state index contributed by atoms with van der Waals surface area (Å²) in [6.45, 7) is 6.22. The lowest BCUT2D eigenvalue weighted by Gasteiger charge is -2.60. The average Bonchev–Trinajstić information content (AvgIpc) is 3.15. The number of nitrogens with one attached hydrogen (secondary N) is 1. The zero-order valence-electron chi connectivity index (χ0n) is 16.3. The number of rotatable bonds is 8. The van der Waals surface area contributed by atoms with Gasteiger partial charge in [-0.1, -0.05) is 26.0 Å². The summed E-state index contributed by atoms with van der Waals surface area (Å²) in [6.07, 6.45) is 0.492. The van der Waals surface area contributed by atoms with Gasteiger partial charge in [0.15, 0.2) is 17.3 Å². The van der Waals surface area contributed by atoms with Crippen LogP contribution in [-0.4, -0.2) is 35.9 Å². The van der Waals surface area contributed by atoms with E-state index in [0.717, 1.165) is 0 Å². The van der Waals surface area contributed by atoms with Gasteiger partial charge in [-0.15, -0.1) is 0 Å². The number of amides is 1. The number of aliphatic hydroxyl groups excluding tert-OH is 1. The lowest BCUT2D eigenvalue weighted by molar-refractivity contribution is -0.172. The first kappa shape index (κ1) is 20.4. The fraction of sp³-hybridized carbons (Fsp3) is 0.476. The molecule has 0 radical (unpaired) electrons. The van der Waals surface area contributed by atoms with Crippen molar-refractivity contribution < 1.29 is 28.2 Å². The number of carbonyl (C=O) groups is 1. The molecule has 1 amide bonds. The van der Waals surface area contributed by atoms with E-state index in [2.05, 4.69) is 5.32 Å². The first-order valence-corrected chi connectivity index (χ1v) is 9.34. The Morgan fingerprint density at radius 3 is 2.71 bits per heavy atom. The van der Waals surface area contributed by atoms with Gasteiger partial charge in [0, 0.05) is 18.4 Å². The van der Waals surface area contributed by atoms with E-state index in [-0.39, 0.29) is 30.8 Å². The highest BCUT2D eigenvalue weighted by atomic mass is 19.1. The van der Waals surface area contributed by atoms with E-state index in [1.165, 1.54) is 18.2 Å². The van der Waals surface area contributed by atoms with Crippen molar-refractivity contribution in [2.75, 3.05) is 13.2 Å². The van der Waals surface area contributed by atoms with Crippen LogP contribution in [0, 0.1) is 11.2 Å². The summed E-state index contributed by atoms with van der Waals surface area (Å²) in [5.74, 6) is -0.272. The van der Waals surface area contributed by atoms with E-state index in [1.54, 1.807) is 18.2 Å². The Morgan fingerprint density at radius 1 is 1.32 bits per heavy atom. The van der Waals surface area contributed by atoms with Crippen LogP contribution >= 0.6 is 0 Å². The first-order valence-electron chi connectivity index (χ1n) is 9.34. The van der Waals surface area contributed by atoms with E-state index >= 15 is 0 Å². The second kappa shape index (κ2) is 7.93. The molecule has 6 nitrogen and oxygen atoms in total. The summed E-state index contributed by atoms with van der Waals surface area (Å²) in [4.78, 5) is 12.6. The minimum absolute atomic E-state index is 0.00271. The quantitative estimate of drug-likeness (QED) is 0.722. The molecule has 0 spiro atoms. The van der Waals surface area contributed by atoms with Crippen LogP contribution in [0.5, 0.6) is 5.75 Å². The molecule has 2 N–H and O–H groups in total. The molecule has 1 fully saturated rings. The molecule has 1 aliphatic carbocycles. The van der Waals surface area contributed by atoms with Gasteiger partial charge < -0.3 is 24.3 Å². The number of benzene rings is 1. The van der Waals surface area contributed by atoms with Crippen LogP contribution in [0.2, 0.25) is 0 Å². The molecule has 0 bridgehead atoms. The third-order valence-corrected chi connectivity index (χ3v) is 5.65. The molecule has 1 saturated carbocycles. The van der Waals surface area contributed by atoms with Crippen molar-refractivity contribution in [2.24, 2.45) is 5.41 Å². The second-order valence-electron chi connectivity index (χ2n) is 7.55. The van der Waals surface area contributed by atoms with Crippen LogP contribution in [0.25, 0.3) is 0 Å². The van der Waals surface area contributed by atoms with Crippen molar-refractivity contribution in [1.29, 1.82) is 0 Å². The fourth-order valence-electron chi connectivity index (χ4n) is 3.57. The molecule has 7 heteroatoms. The molecule has 2 atom stereocenters. The number of furan rings is 1. The topological polar surface area (TPSA) is 80.9 Å². The fourth-order valence-corrected chi connectivity index (χ4v) is 3.57. The third kappa shape index (κ3) is 3.64. The molecular formula is C21H26FNO5.